The monoisotopic (exact) mass is 192 g/mol. The topological polar surface area (TPSA) is 37.3 Å². The number of aliphatic carboxylic acids is 1. The first-order chi connectivity index (χ1) is 5.28. The number of carboxylic acids is 1. The quantitative estimate of drug-likeness (QED) is 0.696. The molecular weight excluding hydrogens is 176 g/mol. The Balaban J connectivity index is 4.24. The van der Waals surface area contributed by atoms with E-state index >= 15 is 0 Å². The van der Waals surface area contributed by atoms with E-state index < -0.39 is 5.97 Å². The zero-order valence-corrected chi connectivity index (χ0v) is 8.85. The second kappa shape index (κ2) is 4.13. The van der Waals surface area contributed by atoms with Gasteiger partial charge in [0, 0.05) is 5.38 Å². The average Bonchev–Trinajstić information content (AvgIpc) is 1.85. The van der Waals surface area contributed by atoms with Gasteiger partial charge in [0.25, 0.3) is 0 Å². The Kier molecular flexibility index (Phi) is 4.04. The number of hydrogen-bond donors (Lipinski definition) is 1. The fraction of sp³-hybridized carbons (Fsp3) is 0.889. The van der Waals surface area contributed by atoms with Gasteiger partial charge in [0.05, 0.1) is 6.42 Å². The summed E-state index contributed by atoms with van der Waals surface area (Å²) in [5, 5.41) is 8.25. The van der Waals surface area contributed by atoms with E-state index in [1.54, 1.807) is 0 Å². The maximum atomic E-state index is 10.4. The van der Waals surface area contributed by atoms with Gasteiger partial charge in [-0.05, 0) is 11.3 Å². The van der Waals surface area contributed by atoms with Crippen LogP contribution in [-0.4, -0.2) is 16.5 Å². The number of rotatable bonds is 4. The van der Waals surface area contributed by atoms with Crippen LogP contribution in [0.4, 0.5) is 0 Å². The van der Waals surface area contributed by atoms with Crippen molar-refractivity contribution in [3.63, 3.8) is 0 Å². The lowest BCUT2D eigenvalue weighted by atomic mass is 9.77. The maximum Gasteiger partial charge on any atom is 0.304 e. The molecule has 0 heterocycles. The van der Waals surface area contributed by atoms with Crippen molar-refractivity contribution in [2.45, 2.75) is 39.5 Å². The van der Waals surface area contributed by atoms with Gasteiger partial charge in [-0.2, -0.15) is 0 Å². The molecule has 0 aliphatic rings. The molecule has 0 radical (unpaired) electrons. The Morgan fingerprint density at radius 2 is 1.92 bits per heavy atom. The summed E-state index contributed by atoms with van der Waals surface area (Å²) in [5.74, 6) is -0.442. The Labute approximate surface area is 78.9 Å². The van der Waals surface area contributed by atoms with Crippen molar-refractivity contribution < 1.29 is 9.90 Å². The van der Waals surface area contributed by atoms with E-state index in [2.05, 4.69) is 13.8 Å². The molecule has 0 spiro atoms. The summed E-state index contributed by atoms with van der Waals surface area (Å²) < 4.78 is 0. The lowest BCUT2D eigenvalue weighted by Crippen LogP contribution is -2.32. The van der Waals surface area contributed by atoms with Crippen LogP contribution in [0.2, 0.25) is 0 Å². The molecule has 0 bridgehead atoms. The first-order valence-electron chi connectivity index (χ1n) is 4.14. The normalized spacial score (nSPS) is 14.8. The van der Waals surface area contributed by atoms with E-state index in [0.717, 1.165) is 0 Å². The molecule has 0 aromatic carbocycles. The molecule has 72 valence electrons. The molecule has 1 N–H and O–H groups in total. The Morgan fingerprint density at radius 1 is 1.50 bits per heavy atom. The molecule has 0 aliphatic heterocycles. The van der Waals surface area contributed by atoms with Crippen LogP contribution >= 0.6 is 11.6 Å². The molecule has 0 saturated heterocycles. The first kappa shape index (κ1) is 11.8. The maximum absolute atomic E-state index is 10.4. The van der Waals surface area contributed by atoms with E-state index in [0.29, 0.717) is 5.92 Å². The van der Waals surface area contributed by atoms with Crippen molar-refractivity contribution in [2.75, 3.05) is 0 Å². The van der Waals surface area contributed by atoms with Crippen molar-refractivity contribution in [3.05, 3.63) is 0 Å². The molecule has 0 aromatic rings. The largest absolute Gasteiger partial charge is 0.481 e. The molecule has 0 saturated carbocycles. The zero-order chi connectivity index (χ0) is 9.94. The van der Waals surface area contributed by atoms with E-state index in [1.165, 1.54) is 0 Å². The Morgan fingerprint density at radius 3 is 2.17 bits per heavy atom. The van der Waals surface area contributed by atoms with Crippen LogP contribution in [0.25, 0.3) is 0 Å². The second-order valence-electron chi connectivity index (χ2n) is 4.04. The molecular formula is C9H17ClO2. The summed E-state index contributed by atoms with van der Waals surface area (Å²) in [6.45, 7) is 8.10. The van der Waals surface area contributed by atoms with Crippen LogP contribution in [0.15, 0.2) is 0 Å². The lowest BCUT2D eigenvalue weighted by molar-refractivity contribution is -0.137. The van der Waals surface area contributed by atoms with Gasteiger partial charge in [-0.15, -0.1) is 11.6 Å². The third-order valence-corrected chi connectivity index (χ3v) is 3.37. The number of carboxylic acid groups (broad SMARTS) is 1. The summed E-state index contributed by atoms with van der Waals surface area (Å²) >= 11 is 5.98. The molecule has 0 aromatic heterocycles. The lowest BCUT2D eigenvalue weighted by Gasteiger charge is -2.33. The minimum atomic E-state index is -0.830. The van der Waals surface area contributed by atoms with Crippen molar-refractivity contribution in [2.24, 2.45) is 11.3 Å². The Bertz CT molecular complexity index is 164. The number of hydrogen-bond acceptors (Lipinski definition) is 1. The van der Waals surface area contributed by atoms with Gasteiger partial charge in [0.1, 0.15) is 0 Å². The standard InChI is InChI=1S/C9H17ClO2/c1-6(2)9(3,4)7(10)5-8(11)12/h6-7H,5H2,1-4H3,(H,11,12). The van der Waals surface area contributed by atoms with E-state index in [4.69, 9.17) is 16.7 Å². The molecule has 1 atom stereocenters. The van der Waals surface area contributed by atoms with E-state index in [9.17, 15) is 4.79 Å². The highest BCUT2D eigenvalue weighted by Gasteiger charge is 2.32. The average molecular weight is 193 g/mol. The molecule has 0 aliphatic carbocycles. The molecule has 0 fully saturated rings. The van der Waals surface area contributed by atoms with Gasteiger partial charge in [-0.1, -0.05) is 27.7 Å². The van der Waals surface area contributed by atoms with Gasteiger partial charge in [-0.3, -0.25) is 4.79 Å². The van der Waals surface area contributed by atoms with E-state index in [1.807, 2.05) is 13.8 Å². The number of halogens is 1. The van der Waals surface area contributed by atoms with Gasteiger partial charge in [0.2, 0.25) is 0 Å². The van der Waals surface area contributed by atoms with Crippen molar-refractivity contribution in [3.8, 4) is 0 Å². The molecule has 1 unspecified atom stereocenters. The Hall–Kier alpha value is -0.240. The minimum absolute atomic E-state index is 0.0345. The third-order valence-electron chi connectivity index (χ3n) is 2.65. The fourth-order valence-corrected chi connectivity index (χ4v) is 1.16. The molecule has 3 heteroatoms. The second-order valence-corrected chi connectivity index (χ2v) is 4.57. The predicted octanol–water partition coefficient (Wildman–Crippen LogP) is 2.75. The number of carbonyl (C=O) groups is 1. The zero-order valence-electron chi connectivity index (χ0n) is 8.10. The summed E-state index contributed by atoms with van der Waals surface area (Å²) in [5.41, 5.74) is -0.125. The van der Waals surface area contributed by atoms with Crippen LogP contribution in [0, 0.1) is 11.3 Å². The molecule has 0 rings (SSSR count). The first-order valence-corrected chi connectivity index (χ1v) is 4.58. The SMILES string of the molecule is CC(C)C(C)(C)C(Cl)CC(=O)O. The number of alkyl halides is 1. The minimum Gasteiger partial charge on any atom is -0.481 e. The van der Waals surface area contributed by atoms with Gasteiger partial charge >= 0.3 is 5.97 Å². The smallest absolute Gasteiger partial charge is 0.304 e. The molecule has 2 nitrogen and oxygen atoms in total. The van der Waals surface area contributed by atoms with Crippen molar-refractivity contribution >= 4 is 17.6 Å². The van der Waals surface area contributed by atoms with Gasteiger partial charge < -0.3 is 5.11 Å². The van der Waals surface area contributed by atoms with Crippen molar-refractivity contribution in [1.82, 2.24) is 0 Å². The highest BCUT2D eigenvalue weighted by atomic mass is 35.5. The highest BCUT2D eigenvalue weighted by molar-refractivity contribution is 6.22. The van der Waals surface area contributed by atoms with Crippen LogP contribution in [-0.2, 0) is 4.79 Å². The van der Waals surface area contributed by atoms with Crippen LogP contribution in [0.3, 0.4) is 0 Å². The summed E-state index contributed by atoms with van der Waals surface area (Å²) in [6.07, 6.45) is 0.0345. The fourth-order valence-electron chi connectivity index (χ4n) is 0.778. The highest BCUT2D eigenvalue weighted by Crippen LogP contribution is 2.35. The third kappa shape index (κ3) is 3.02. The summed E-state index contributed by atoms with van der Waals surface area (Å²) in [4.78, 5) is 10.4. The molecule has 0 amide bonds. The van der Waals surface area contributed by atoms with Crippen LogP contribution < -0.4 is 0 Å². The molecule has 12 heavy (non-hydrogen) atoms. The van der Waals surface area contributed by atoms with Crippen molar-refractivity contribution in [1.29, 1.82) is 0 Å². The predicted molar refractivity (Wildman–Crippen MR) is 50.5 cm³/mol. The van der Waals surface area contributed by atoms with Gasteiger partial charge in [-0.25, -0.2) is 0 Å². The van der Waals surface area contributed by atoms with Crippen LogP contribution in [0.1, 0.15) is 34.1 Å². The summed E-state index contributed by atoms with van der Waals surface area (Å²) in [6, 6.07) is 0. The van der Waals surface area contributed by atoms with E-state index in [-0.39, 0.29) is 17.2 Å². The summed E-state index contributed by atoms with van der Waals surface area (Å²) in [7, 11) is 0. The van der Waals surface area contributed by atoms with Gasteiger partial charge in [0.15, 0.2) is 0 Å². The van der Waals surface area contributed by atoms with Crippen LogP contribution in [0.5, 0.6) is 0 Å².